The molecule has 0 heterocycles. The third kappa shape index (κ3) is 2.02. The lowest BCUT2D eigenvalue weighted by molar-refractivity contribution is -0.169. The van der Waals surface area contributed by atoms with Crippen LogP contribution in [0.5, 0.6) is 0 Å². The van der Waals surface area contributed by atoms with Gasteiger partial charge < -0.3 is 10.5 Å². The quantitative estimate of drug-likeness (QED) is 0.798. The number of hydrogen-bond donors (Lipinski definition) is 1. The van der Waals surface area contributed by atoms with Crippen LogP contribution >= 0.6 is 0 Å². The van der Waals surface area contributed by atoms with Crippen LogP contribution in [0.1, 0.15) is 52.4 Å². The maximum atomic E-state index is 6.28. The molecule has 2 nitrogen and oxygen atoms in total. The van der Waals surface area contributed by atoms with E-state index in [0.717, 1.165) is 24.4 Å². The normalized spacial score (nSPS) is 46.3. The van der Waals surface area contributed by atoms with E-state index in [1.165, 1.54) is 38.5 Å². The van der Waals surface area contributed by atoms with Crippen molar-refractivity contribution in [2.45, 2.75) is 63.5 Å². The summed E-state index contributed by atoms with van der Waals surface area (Å²) in [7, 11) is 0. The second kappa shape index (κ2) is 3.46. The summed E-state index contributed by atoms with van der Waals surface area (Å²) in [5.41, 5.74) is 6.09. The molecule has 0 unspecified atom stereocenters. The molecule has 0 aliphatic heterocycles. The largest absolute Gasteiger partial charge is 0.373 e. The molecule has 4 aliphatic rings. The molecule has 92 valence electrons. The van der Waals surface area contributed by atoms with Gasteiger partial charge in [-0.1, -0.05) is 0 Å². The van der Waals surface area contributed by atoms with Crippen LogP contribution in [0.25, 0.3) is 0 Å². The number of rotatable bonds is 3. The summed E-state index contributed by atoms with van der Waals surface area (Å²) in [5, 5.41) is 0. The minimum atomic E-state index is -0.177. The molecule has 0 atom stereocenters. The first kappa shape index (κ1) is 11.0. The second-order valence-electron chi connectivity index (χ2n) is 7.38. The van der Waals surface area contributed by atoms with Crippen LogP contribution in [0.15, 0.2) is 0 Å². The van der Waals surface area contributed by atoms with E-state index in [2.05, 4.69) is 13.8 Å². The molecule has 2 N–H and O–H groups in total. The lowest BCUT2D eigenvalue weighted by atomic mass is 9.54. The molecular weight excluding hydrogens is 198 g/mol. The number of nitrogens with two attached hydrogens (primary N) is 1. The van der Waals surface area contributed by atoms with E-state index in [-0.39, 0.29) is 11.1 Å². The van der Waals surface area contributed by atoms with Crippen molar-refractivity contribution in [1.29, 1.82) is 0 Å². The predicted molar refractivity (Wildman–Crippen MR) is 65.1 cm³/mol. The van der Waals surface area contributed by atoms with Crippen molar-refractivity contribution < 1.29 is 4.74 Å². The summed E-state index contributed by atoms with van der Waals surface area (Å²) >= 11 is 0. The third-order valence-electron chi connectivity index (χ3n) is 4.73. The number of hydrogen-bond acceptors (Lipinski definition) is 2. The van der Waals surface area contributed by atoms with Gasteiger partial charge in [0, 0.05) is 5.54 Å². The minimum absolute atomic E-state index is 0.177. The molecule has 4 aliphatic carbocycles. The van der Waals surface area contributed by atoms with Crippen molar-refractivity contribution in [2.75, 3.05) is 6.61 Å². The van der Waals surface area contributed by atoms with E-state index in [9.17, 15) is 0 Å². The Kier molecular flexibility index (Phi) is 2.38. The molecule has 4 fully saturated rings. The lowest BCUT2D eigenvalue weighted by Crippen LogP contribution is -2.54. The Labute approximate surface area is 98.9 Å². The molecule has 0 spiro atoms. The molecule has 16 heavy (non-hydrogen) atoms. The van der Waals surface area contributed by atoms with Crippen LogP contribution in [-0.4, -0.2) is 17.7 Å². The summed E-state index contributed by atoms with van der Waals surface area (Å²) < 4.78 is 6.28. The van der Waals surface area contributed by atoms with Crippen molar-refractivity contribution in [3.8, 4) is 0 Å². The smallest absolute Gasteiger partial charge is 0.0691 e. The first-order chi connectivity index (χ1) is 7.44. The average Bonchev–Trinajstić information content (AvgIpc) is 2.11. The molecule has 4 bridgehead atoms. The van der Waals surface area contributed by atoms with Crippen LogP contribution < -0.4 is 5.73 Å². The monoisotopic (exact) mass is 223 g/mol. The molecule has 2 heteroatoms. The van der Waals surface area contributed by atoms with Crippen molar-refractivity contribution in [2.24, 2.45) is 23.5 Å². The SMILES string of the molecule is CC(C)(N)COC12CC3CC(CC(C3)C1)C2. The fraction of sp³-hybridized carbons (Fsp3) is 1.00. The Hall–Kier alpha value is -0.0800. The predicted octanol–water partition coefficient (Wildman–Crippen LogP) is 2.71. The van der Waals surface area contributed by atoms with Gasteiger partial charge in [-0.2, -0.15) is 0 Å². The van der Waals surface area contributed by atoms with Crippen molar-refractivity contribution in [1.82, 2.24) is 0 Å². The van der Waals surface area contributed by atoms with Crippen LogP contribution in [0.4, 0.5) is 0 Å². The van der Waals surface area contributed by atoms with Crippen LogP contribution in [0, 0.1) is 17.8 Å². The highest BCUT2D eigenvalue weighted by atomic mass is 16.5. The highest BCUT2D eigenvalue weighted by Gasteiger charge is 2.51. The van der Waals surface area contributed by atoms with E-state index in [4.69, 9.17) is 10.5 Å². The summed E-state index contributed by atoms with van der Waals surface area (Å²) in [6, 6.07) is 0. The molecule has 0 radical (unpaired) electrons. The zero-order valence-electron chi connectivity index (χ0n) is 10.7. The van der Waals surface area contributed by atoms with Gasteiger partial charge in [-0.25, -0.2) is 0 Å². The Morgan fingerprint density at radius 2 is 1.50 bits per heavy atom. The molecule has 0 aromatic heterocycles. The van der Waals surface area contributed by atoms with Crippen LogP contribution in [0.3, 0.4) is 0 Å². The minimum Gasteiger partial charge on any atom is -0.373 e. The van der Waals surface area contributed by atoms with Crippen molar-refractivity contribution in [3.63, 3.8) is 0 Å². The highest BCUT2D eigenvalue weighted by Crippen LogP contribution is 2.57. The van der Waals surface area contributed by atoms with E-state index in [0.29, 0.717) is 0 Å². The summed E-state index contributed by atoms with van der Waals surface area (Å²) in [6.45, 7) is 4.85. The topological polar surface area (TPSA) is 35.2 Å². The maximum Gasteiger partial charge on any atom is 0.0691 e. The van der Waals surface area contributed by atoms with Gasteiger partial charge in [0.25, 0.3) is 0 Å². The first-order valence-corrected chi connectivity index (χ1v) is 6.87. The van der Waals surface area contributed by atoms with Gasteiger partial charge >= 0.3 is 0 Å². The molecular formula is C14H25NO. The van der Waals surface area contributed by atoms with Gasteiger partial charge in [-0.15, -0.1) is 0 Å². The van der Waals surface area contributed by atoms with E-state index in [1.54, 1.807) is 0 Å². The second-order valence-corrected chi connectivity index (χ2v) is 7.38. The van der Waals surface area contributed by atoms with Gasteiger partial charge in [0.05, 0.1) is 12.2 Å². The summed E-state index contributed by atoms with van der Waals surface area (Å²) in [6.07, 6.45) is 8.39. The van der Waals surface area contributed by atoms with E-state index < -0.39 is 0 Å². The maximum absolute atomic E-state index is 6.28. The molecule has 0 aromatic carbocycles. The van der Waals surface area contributed by atoms with Gasteiger partial charge in [0.15, 0.2) is 0 Å². The molecule has 0 saturated heterocycles. The van der Waals surface area contributed by atoms with Crippen LogP contribution in [0.2, 0.25) is 0 Å². The Morgan fingerprint density at radius 3 is 1.88 bits per heavy atom. The first-order valence-electron chi connectivity index (χ1n) is 6.87. The van der Waals surface area contributed by atoms with Gasteiger partial charge in [0.1, 0.15) is 0 Å². The molecule has 0 aromatic rings. The fourth-order valence-electron chi connectivity index (χ4n) is 4.55. The average molecular weight is 223 g/mol. The van der Waals surface area contributed by atoms with Crippen molar-refractivity contribution in [3.05, 3.63) is 0 Å². The number of ether oxygens (including phenoxy) is 1. The standard InChI is InChI=1S/C14H25NO/c1-13(2,15)9-16-14-6-10-3-11(7-14)5-12(4-10)8-14/h10-12H,3-9,15H2,1-2H3. The third-order valence-corrected chi connectivity index (χ3v) is 4.73. The summed E-state index contributed by atoms with van der Waals surface area (Å²) in [4.78, 5) is 0. The van der Waals surface area contributed by atoms with E-state index in [1.807, 2.05) is 0 Å². The van der Waals surface area contributed by atoms with Gasteiger partial charge in [-0.3, -0.25) is 0 Å². The molecule has 4 saturated carbocycles. The Balaban J connectivity index is 1.69. The lowest BCUT2D eigenvalue weighted by Gasteiger charge is -2.56. The van der Waals surface area contributed by atoms with E-state index >= 15 is 0 Å². The van der Waals surface area contributed by atoms with Crippen LogP contribution in [-0.2, 0) is 4.74 Å². The fourth-order valence-corrected chi connectivity index (χ4v) is 4.55. The Morgan fingerprint density at radius 1 is 1.06 bits per heavy atom. The Bertz CT molecular complexity index is 244. The van der Waals surface area contributed by atoms with Crippen molar-refractivity contribution >= 4 is 0 Å². The van der Waals surface area contributed by atoms with Gasteiger partial charge in [-0.05, 0) is 70.1 Å². The zero-order valence-corrected chi connectivity index (χ0v) is 10.7. The zero-order chi connectivity index (χ0) is 11.4. The summed E-state index contributed by atoms with van der Waals surface area (Å²) in [5.74, 6) is 2.89. The molecule has 0 amide bonds. The molecule has 4 rings (SSSR count). The van der Waals surface area contributed by atoms with Gasteiger partial charge in [0.2, 0.25) is 0 Å². The highest BCUT2D eigenvalue weighted by molar-refractivity contribution is 5.03.